The number of nitrogens with one attached hydrogen (secondary N) is 1. The van der Waals surface area contributed by atoms with Crippen LogP contribution in [0.3, 0.4) is 0 Å². The van der Waals surface area contributed by atoms with Crippen molar-refractivity contribution in [3.8, 4) is 11.5 Å². The van der Waals surface area contributed by atoms with Gasteiger partial charge in [-0.25, -0.2) is 0 Å². The molecule has 0 amide bonds. The molecule has 0 spiro atoms. The second-order valence-electron chi connectivity index (χ2n) is 7.00. The van der Waals surface area contributed by atoms with E-state index < -0.39 is 12.6 Å². The van der Waals surface area contributed by atoms with E-state index in [1.54, 1.807) is 17.4 Å². The van der Waals surface area contributed by atoms with Gasteiger partial charge in [0.2, 0.25) is 0 Å². The fourth-order valence-corrected chi connectivity index (χ4v) is 4.00. The molecular formula is C22H24ClNO2. The van der Waals surface area contributed by atoms with E-state index in [0.29, 0.717) is 16.5 Å². The molecule has 2 aliphatic rings. The Kier molecular flexibility index (Phi) is 3.55. The molecule has 4 heteroatoms. The van der Waals surface area contributed by atoms with E-state index in [1.165, 1.54) is 6.07 Å². The molecule has 2 aliphatic heterocycles. The second-order valence-corrected chi connectivity index (χ2v) is 7.43. The zero-order valence-electron chi connectivity index (χ0n) is 18.7. The summed E-state index contributed by atoms with van der Waals surface area (Å²) in [6, 6.07) is 11.1. The number of rotatable bonds is 3. The molecular weight excluding hydrogens is 346 g/mol. The summed E-state index contributed by atoms with van der Waals surface area (Å²) in [4.78, 5) is 0. The van der Waals surface area contributed by atoms with Gasteiger partial charge in [0.1, 0.15) is 12.9 Å². The van der Waals surface area contributed by atoms with Crippen LogP contribution in [0.2, 0.25) is 6.43 Å². The number of ether oxygens (including phenoxy) is 2. The van der Waals surface area contributed by atoms with Crippen molar-refractivity contribution in [2.24, 2.45) is 0 Å². The van der Waals surface area contributed by atoms with Crippen molar-refractivity contribution in [3.05, 3.63) is 64.2 Å². The molecule has 1 atom stereocenters. The Balaban J connectivity index is 1.72. The maximum Gasteiger partial charge on any atom is 0.153 e. The second kappa shape index (κ2) is 6.98. The minimum atomic E-state index is -2.60. The van der Waals surface area contributed by atoms with Crippen molar-refractivity contribution in [2.45, 2.75) is 31.3 Å². The lowest BCUT2D eigenvalue weighted by molar-refractivity contribution is 0.131. The maximum atomic E-state index is 7.82. The van der Waals surface area contributed by atoms with Crippen molar-refractivity contribution in [1.29, 1.82) is 0 Å². The zero-order valence-corrected chi connectivity index (χ0v) is 15.4. The first-order valence-electron chi connectivity index (χ1n) is 10.8. The Hall–Kier alpha value is -1.97. The highest BCUT2D eigenvalue weighted by molar-refractivity contribution is 6.30. The van der Waals surface area contributed by atoms with E-state index in [-0.39, 0.29) is 5.75 Å². The molecule has 2 heterocycles. The number of para-hydroxylation sites is 1. The van der Waals surface area contributed by atoms with Gasteiger partial charge in [-0.05, 0) is 68.6 Å². The first-order valence-corrected chi connectivity index (χ1v) is 9.26. The van der Waals surface area contributed by atoms with Crippen molar-refractivity contribution >= 4 is 17.7 Å². The highest BCUT2D eigenvalue weighted by Gasteiger charge is 2.34. The average Bonchev–Trinajstić information content (AvgIpc) is 2.67. The molecule has 1 saturated heterocycles. The summed E-state index contributed by atoms with van der Waals surface area (Å²) in [6.07, 6.45) is 5.73. The summed E-state index contributed by atoms with van der Waals surface area (Å²) >= 11 is 6.11. The van der Waals surface area contributed by atoms with E-state index in [0.717, 1.165) is 42.8 Å². The number of fused-ring (bicyclic) bond motifs is 1. The fraction of sp³-hybridized carbons (Fsp3) is 0.364. The predicted molar refractivity (Wildman–Crippen MR) is 106 cm³/mol. The topological polar surface area (TPSA) is 30.5 Å². The molecule has 0 aliphatic carbocycles. The fourth-order valence-electron chi connectivity index (χ4n) is 3.84. The molecule has 4 rings (SSSR count). The van der Waals surface area contributed by atoms with E-state index in [4.69, 9.17) is 26.6 Å². The molecule has 2 aromatic rings. The zero-order chi connectivity index (χ0) is 21.5. The van der Waals surface area contributed by atoms with Gasteiger partial charge in [-0.2, -0.15) is 0 Å². The number of benzene rings is 2. The Bertz CT molecular complexity index is 970. The molecule has 1 N–H and O–H groups in total. The van der Waals surface area contributed by atoms with Crippen LogP contribution in [0.1, 0.15) is 46.5 Å². The maximum absolute atomic E-state index is 7.82. The van der Waals surface area contributed by atoms with Crippen molar-refractivity contribution in [3.63, 3.8) is 0 Å². The molecule has 0 bridgehead atoms. The average molecular weight is 374 g/mol. The lowest BCUT2D eigenvalue weighted by Gasteiger charge is -2.36. The monoisotopic (exact) mass is 373 g/mol. The lowest BCUT2D eigenvalue weighted by Crippen LogP contribution is -2.31. The molecule has 0 saturated carbocycles. The molecule has 136 valence electrons. The first-order chi connectivity index (χ1) is 14.1. The van der Waals surface area contributed by atoms with Crippen LogP contribution in [0, 0.1) is 0 Å². The Morgan fingerprint density at radius 3 is 2.96 bits per heavy atom. The Morgan fingerprint density at radius 2 is 2.15 bits per heavy atom. The number of methoxy groups -OCH3 is 1. The SMILES string of the molecule is [2H]N1CCC(c2cccc3c2O[C@@](C)(c2ccc(Cl)cc2OC([2H])([2H])[2H])C=C3)CC1. The molecule has 3 nitrogen and oxygen atoms in total. The van der Waals surface area contributed by atoms with Gasteiger partial charge in [-0.3, -0.25) is 0 Å². The number of piperidine rings is 1. The standard InChI is InChI=1S/C22H24ClNO2/c1-22(19-7-6-17(23)14-20(19)25-2)11-8-16-4-3-5-18(21(16)26-22)15-9-12-24-13-10-15/h3-8,11,14-15,24H,9-10,12-13H2,1-2H3/t22-/m1/s1/i2D3/hD. The van der Waals surface area contributed by atoms with E-state index in [9.17, 15) is 0 Å². The van der Waals surface area contributed by atoms with Gasteiger partial charge < -0.3 is 14.8 Å². The third kappa shape index (κ3) is 3.10. The molecule has 0 radical (unpaired) electrons. The van der Waals surface area contributed by atoms with Crippen molar-refractivity contribution in [2.75, 3.05) is 20.1 Å². The summed E-state index contributed by atoms with van der Waals surface area (Å²) < 4.78 is 42.1. The smallest absolute Gasteiger partial charge is 0.153 e. The van der Waals surface area contributed by atoms with Gasteiger partial charge in [0.25, 0.3) is 0 Å². The summed E-state index contributed by atoms with van der Waals surface area (Å²) in [7, 11) is -2.60. The van der Waals surface area contributed by atoms with Crippen LogP contribution in [0.15, 0.2) is 42.5 Å². The van der Waals surface area contributed by atoms with Gasteiger partial charge in [0, 0.05) is 16.1 Å². The van der Waals surface area contributed by atoms with Crippen LogP contribution in [0.4, 0.5) is 0 Å². The summed E-state index contributed by atoms with van der Waals surface area (Å²) in [6.45, 7) is 3.36. The molecule has 1 fully saturated rings. The summed E-state index contributed by atoms with van der Waals surface area (Å²) in [5.74, 6) is 1.31. The van der Waals surface area contributed by atoms with E-state index in [1.807, 2.05) is 31.2 Å². The van der Waals surface area contributed by atoms with Gasteiger partial charge in [0.15, 0.2) is 5.60 Å². The Morgan fingerprint density at radius 1 is 1.31 bits per heavy atom. The van der Waals surface area contributed by atoms with Crippen LogP contribution < -0.4 is 14.8 Å². The van der Waals surface area contributed by atoms with Crippen LogP contribution in [-0.4, -0.2) is 20.1 Å². The minimum Gasteiger partial charge on any atom is -0.496 e. The normalized spacial score (nSPS) is 26.1. The van der Waals surface area contributed by atoms with Crippen molar-refractivity contribution < 1.29 is 15.0 Å². The Labute approximate surface area is 165 Å². The number of hydrogen-bond acceptors (Lipinski definition) is 3. The van der Waals surface area contributed by atoms with Gasteiger partial charge in [-0.1, -0.05) is 35.9 Å². The van der Waals surface area contributed by atoms with Crippen LogP contribution in [-0.2, 0) is 5.60 Å². The van der Waals surface area contributed by atoms with Gasteiger partial charge in [0.05, 0.1) is 11.2 Å². The molecule has 2 aromatic carbocycles. The summed E-state index contributed by atoms with van der Waals surface area (Å²) in [5.41, 5.74) is 1.80. The highest BCUT2D eigenvalue weighted by Crippen LogP contribution is 2.45. The number of hydrogen-bond donors (Lipinski definition) is 1. The minimum absolute atomic E-state index is 0.179. The van der Waals surface area contributed by atoms with Crippen LogP contribution >= 0.6 is 11.6 Å². The molecule has 26 heavy (non-hydrogen) atoms. The largest absolute Gasteiger partial charge is 0.496 e. The molecule has 0 unspecified atom stereocenters. The van der Waals surface area contributed by atoms with Crippen LogP contribution in [0.25, 0.3) is 6.08 Å². The third-order valence-electron chi connectivity index (χ3n) is 5.27. The predicted octanol–water partition coefficient (Wildman–Crippen LogP) is 5.14. The molecule has 0 aromatic heterocycles. The van der Waals surface area contributed by atoms with E-state index in [2.05, 4.69) is 6.07 Å². The van der Waals surface area contributed by atoms with Gasteiger partial charge >= 0.3 is 0 Å². The first kappa shape index (κ1) is 13.2. The quantitative estimate of drug-likeness (QED) is 0.808. The lowest BCUT2D eigenvalue weighted by atomic mass is 9.85. The number of halogens is 1. The third-order valence-corrected chi connectivity index (χ3v) is 5.51. The summed E-state index contributed by atoms with van der Waals surface area (Å²) in [5, 5.41) is 1.99. The van der Waals surface area contributed by atoms with Crippen molar-refractivity contribution in [1.82, 2.24) is 5.31 Å². The van der Waals surface area contributed by atoms with Crippen LogP contribution in [0.5, 0.6) is 11.5 Å². The van der Waals surface area contributed by atoms with E-state index >= 15 is 0 Å². The van der Waals surface area contributed by atoms with Gasteiger partial charge in [-0.15, -0.1) is 0 Å². The highest BCUT2D eigenvalue weighted by atomic mass is 35.5.